The number of carbonyl (C=O) groups excluding carboxylic acids is 2. The molecule has 2 saturated heterocycles. The smallest absolute Gasteiger partial charge is 0.331 e. The van der Waals surface area contributed by atoms with Crippen LogP contribution in [0, 0.1) is 10.8 Å². The summed E-state index contributed by atoms with van der Waals surface area (Å²) in [6.07, 6.45) is 7.39. The SMILES string of the molecule is CC1=C[C@H]2O[C@@H]3C[C@H]4OC(=O)/C=C\C=C\[C@@H]([C@H](C)O)OCC/C(C)=C/C(=O)OC[C@@]2(C[C@@H]1O)[C@]4(C)[C@]31CO1. The lowest BCUT2D eigenvalue weighted by atomic mass is 9.51. The summed E-state index contributed by atoms with van der Waals surface area (Å²) >= 11 is 0. The van der Waals surface area contributed by atoms with Crippen molar-refractivity contribution in [3.63, 3.8) is 0 Å². The van der Waals surface area contributed by atoms with Gasteiger partial charge in [-0.25, -0.2) is 9.59 Å². The van der Waals surface area contributed by atoms with Gasteiger partial charge in [-0.15, -0.1) is 0 Å². The van der Waals surface area contributed by atoms with E-state index in [1.165, 1.54) is 12.2 Å². The van der Waals surface area contributed by atoms with Gasteiger partial charge >= 0.3 is 11.9 Å². The molecule has 9 atom stereocenters. The summed E-state index contributed by atoms with van der Waals surface area (Å²) in [5.41, 5.74) is -0.755. The Kier molecular flexibility index (Phi) is 7.19. The minimum Gasteiger partial charge on any atom is -0.462 e. The fourth-order valence-corrected chi connectivity index (χ4v) is 6.85. The summed E-state index contributed by atoms with van der Waals surface area (Å²) in [5, 5.41) is 21.0. The number of carbonyl (C=O) groups is 2. The summed E-state index contributed by atoms with van der Waals surface area (Å²) in [4.78, 5) is 25.9. The van der Waals surface area contributed by atoms with E-state index in [0.29, 0.717) is 26.1 Å². The lowest BCUT2D eigenvalue weighted by Crippen LogP contribution is -2.68. The van der Waals surface area contributed by atoms with E-state index in [2.05, 4.69) is 0 Å². The van der Waals surface area contributed by atoms with Crippen molar-refractivity contribution >= 4 is 11.9 Å². The minimum absolute atomic E-state index is 0.0251. The highest BCUT2D eigenvalue weighted by molar-refractivity contribution is 5.83. The average molecular weight is 531 g/mol. The van der Waals surface area contributed by atoms with Crippen LogP contribution in [0.1, 0.15) is 47.0 Å². The first kappa shape index (κ1) is 27.3. The Balaban J connectivity index is 1.53. The van der Waals surface area contributed by atoms with Gasteiger partial charge in [0.25, 0.3) is 0 Å². The summed E-state index contributed by atoms with van der Waals surface area (Å²) in [7, 11) is 0. The molecule has 0 amide bonds. The molecular formula is C29H38O9. The van der Waals surface area contributed by atoms with E-state index in [9.17, 15) is 19.8 Å². The normalized spacial score (nSPS) is 47.3. The van der Waals surface area contributed by atoms with Crippen molar-refractivity contribution in [2.24, 2.45) is 10.8 Å². The van der Waals surface area contributed by atoms with Crippen LogP contribution < -0.4 is 0 Å². The van der Waals surface area contributed by atoms with E-state index in [0.717, 1.165) is 11.1 Å². The number of aliphatic hydroxyl groups excluding tert-OH is 2. The highest BCUT2D eigenvalue weighted by atomic mass is 16.6. The first-order valence-corrected chi connectivity index (χ1v) is 13.4. The van der Waals surface area contributed by atoms with Crippen molar-refractivity contribution < 1.29 is 43.5 Å². The van der Waals surface area contributed by atoms with Crippen molar-refractivity contribution in [2.45, 2.75) is 89.2 Å². The average Bonchev–Trinajstić information content (AvgIpc) is 3.63. The third kappa shape index (κ3) is 4.38. The maximum absolute atomic E-state index is 12.9. The zero-order valence-corrected chi connectivity index (χ0v) is 22.4. The zero-order chi connectivity index (χ0) is 27.3. The molecule has 0 radical (unpaired) electrons. The Morgan fingerprint density at radius 1 is 1.11 bits per heavy atom. The van der Waals surface area contributed by atoms with Crippen molar-refractivity contribution in [1.29, 1.82) is 0 Å². The molecule has 3 aliphatic heterocycles. The van der Waals surface area contributed by atoms with Crippen molar-refractivity contribution in [1.82, 2.24) is 0 Å². The van der Waals surface area contributed by atoms with Crippen LogP contribution in [0.3, 0.4) is 0 Å². The van der Waals surface area contributed by atoms with Crippen LogP contribution >= 0.6 is 0 Å². The Morgan fingerprint density at radius 3 is 2.58 bits per heavy atom. The molecule has 0 aromatic rings. The largest absolute Gasteiger partial charge is 0.462 e. The molecule has 5 rings (SSSR count). The molecule has 1 saturated carbocycles. The summed E-state index contributed by atoms with van der Waals surface area (Å²) in [5.74, 6) is -1.03. The lowest BCUT2D eigenvalue weighted by molar-refractivity contribution is -0.238. The van der Waals surface area contributed by atoms with Gasteiger partial charge in [-0.3, -0.25) is 0 Å². The van der Waals surface area contributed by atoms with E-state index in [1.807, 2.05) is 26.8 Å². The highest BCUT2D eigenvalue weighted by Crippen LogP contribution is 2.72. The number of aliphatic hydroxyl groups is 2. The Morgan fingerprint density at radius 2 is 1.87 bits per heavy atom. The Bertz CT molecular complexity index is 1080. The second-order valence-electron chi connectivity index (χ2n) is 11.5. The van der Waals surface area contributed by atoms with Crippen LogP contribution in [-0.4, -0.2) is 84.2 Å². The standard InChI is InChI=1S/C29H38O9/c1-17-9-10-34-21(19(3)30)7-5-6-8-25(32)38-22-13-24-29(16-36-29)27(22,4)28(15-35-26(33)11-17)14-20(31)18(2)12-23(28)37-24/h5-8,11-12,19-24,30-31H,9-10,13-16H2,1-4H3/b7-5+,8-6-,17-11+/t19-,20-,21-,22+,23+,24+,27+,28+,29-/m0/s1. The van der Waals surface area contributed by atoms with Gasteiger partial charge in [-0.1, -0.05) is 36.8 Å². The van der Waals surface area contributed by atoms with Gasteiger partial charge in [0.2, 0.25) is 0 Å². The molecule has 5 aliphatic rings. The van der Waals surface area contributed by atoms with E-state index in [4.69, 9.17) is 23.7 Å². The zero-order valence-electron chi connectivity index (χ0n) is 22.4. The number of ether oxygens (including phenoxy) is 5. The molecule has 2 spiro atoms. The number of rotatable bonds is 1. The molecule has 2 N–H and O–H groups in total. The number of cyclic esters (lactones) is 1. The number of hydrogen-bond acceptors (Lipinski definition) is 9. The molecule has 9 nitrogen and oxygen atoms in total. The molecular weight excluding hydrogens is 492 g/mol. The topological polar surface area (TPSA) is 124 Å². The molecule has 2 bridgehead atoms. The van der Waals surface area contributed by atoms with Crippen LogP contribution in [0.25, 0.3) is 0 Å². The molecule has 38 heavy (non-hydrogen) atoms. The van der Waals surface area contributed by atoms with E-state index < -0.39 is 58.9 Å². The van der Waals surface area contributed by atoms with Crippen LogP contribution in [0.2, 0.25) is 0 Å². The number of allylic oxidation sites excluding steroid dienone is 2. The van der Waals surface area contributed by atoms with E-state index >= 15 is 0 Å². The molecule has 0 aromatic carbocycles. The van der Waals surface area contributed by atoms with Crippen LogP contribution in [0.4, 0.5) is 0 Å². The number of epoxide rings is 1. The minimum atomic E-state index is -0.875. The first-order valence-electron chi connectivity index (χ1n) is 13.4. The van der Waals surface area contributed by atoms with Crippen LogP contribution in [-0.2, 0) is 33.3 Å². The molecule has 0 aromatic heterocycles. The van der Waals surface area contributed by atoms with Gasteiger partial charge in [0.05, 0.1) is 43.0 Å². The van der Waals surface area contributed by atoms with E-state index in [-0.39, 0.29) is 19.1 Å². The number of esters is 2. The van der Waals surface area contributed by atoms with Gasteiger partial charge in [0.15, 0.2) is 0 Å². The predicted molar refractivity (Wildman–Crippen MR) is 136 cm³/mol. The molecule has 208 valence electrons. The molecule has 2 aliphatic carbocycles. The molecule has 9 heteroatoms. The second-order valence-corrected chi connectivity index (χ2v) is 11.5. The van der Waals surface area contributed by atoms with Crippen LogP contribution in [0.15, 0.2) is 47.6 Å². The second kappa shape index (κ2) is 10.0. The highest BCUT2D eigenvalue weighted by Gasteiger charge is 2.83. The van der Waals surface area contributed by atoms with Crippen LogP contribution in [0.5, 0.6) is 0 Å². The van der Waals surface area contributed by atoms with Gasteiger partial charge in [0, 0.05) is 24.0 Å². The number of hydrogen-bond donors (Lipinski definition) is 2. The molecule has 3 fully saturated rings. The summed E-state index contributed by atoms with van der Waals surface area (Å²) < 4.78 is 30.3. The quantitative estimate of drug-likeness (QED) is 0.299. The maximum atomic E-state index is 12.9. The van der Waals surface area contributed by atoms with Gasteiger partial charge in [0.1, 0.15) is 24.4 Å². The van der Waals surface area contributed by atoms with Crippen molar-refractivity contribution in [3.05, 3.63) is 47.6 Å². The Labute approximate surface area is 223 Å². The van der Waals surface area contributed by atoms with Crippen molar-refractivity contribution in [3.8, 4) is 0 Å². The van der Waals surface area contributed by atoms with Gasteiger partial charge in [-0.2, -0.15) is 0 Å². The third-order valence-corrected chi connectivity index (χ3v) is 9.33. The first-order chi connectivity index (χ1) is 18.0. The third-order valence-electron chi connectivity index (χ3n) is 9.33. The summed E-state index contributed by atoms with van der Waals surface area (Å²) in [6, 6.07) is 0. The molecule has 3 heterocycles. The molecule has 0 unspecified atom stereocenters. The van der Waals surface area contributed by atoms with Gasteiger partial charge in [-0.05, 0) is 39.2 Å². The fraction of sp³-hybridized carbons (Fsp3) is 0.655. The monoisotopic (exact) mass is 530 g/mol. The lowest BCUT2D eigenvalue weighted by Gasteiger charge is -2.58. The maximum Gasteiger partial charge on any atom is 0.331 e. The summed E-state index contributed by atoms with van der Waals surface area (Å²) in [6.45, 7) is 8.05. The fourth-order valence-electron chi connectivity index (χ4n) is 6.85. The van der Waals surface area contributed by atoms with Crippen molar-refractivity contribution in [2.75, 3.05) is 19.8 Å². The predicted octanol–water partition coefficient (Wildman–Crippen LogP) is 2.31. The van der Waals surface area contributed by atoms with Gasteiger partial charge < -0.3 is 33.9 Å². The Hall–Kier alpha value is -2.30. The van der Waals surface area contributed by atoms with E-state index in [1.54, 1.807) is 25.2 Å².